The molecule has 0 aromatic rings. The Balaban J connectivity index is 3.92. The number of rotatable bonds is 9. The molecule has 0 aromatic carbocycles. The Morgan fingerprint density at radius 1 is 1.27 bits per heavy atom. The summed E-state index contributed by atoms with van der Waals surface area (Å²) in [6.45, 7) is 4.30. The van der Waals surface area contributed by atoms with Crippen LogP contribution in [0.15, 0.2) is 0 Å². The molecule has 0 bridgehead atoms. The van der Waals surface area contributed by atoms with Gasteiger partial charge in [0.2, 0.25) is 0 Å². The van der Waals surface area contributed by atoms with Crippen LogP contribution in [-0.4, -0.2) is 63.2 Å². The summed E-state index contributed by atoms with van der Waals surface area (Å²) in [4.78, 5) is 0. The topological polar surface area (TPSA) is 33.7 Å². The fourth-order valence-electron chi connectivity index (χ4n) is 1.49. The van der Waals surface area contributed by atoms with Crippen LogP contribution in [0.2, 0.25) is 6.04 Å². The Labute approximate surface area is 97.3 Å². The van der Waals surface area contributed by atoms with Gasteiger partial charge < -0.3 is 18.7 Å². The predicted molar refractivity (Wildman–Crippen MR) is 68.6 cm³/mol. The molecule has 0 saturated carbocycles. The standard InChI is InChI=1S/C9H25N2O2Si2/c1-6-10-8-7-9-14(11(2)3)15(12-4)13-5/h10,15H,6-9H2,1-5H3. The third-order valence-electron chi connectivity index (χ3n) is 2.31. The van der Waals surface area contributed by atoms with Gasteiger partial charge in [-0.05, 0) is 39.6 Å². The smallest absolute Gasteiger partial charge is 0.316 e. The second-order valence-electron chi connectivity index (χ2n) is 3.65. The highest BCUT2D eigenvalue weighted by Crippen LogP contribution is 2.05. The first-order valence-corrected chi connectivity index (χ1v) is 9.87. The Kier molecular flexibility index (Phi) is 9.67. The van der Waals surface area contributed by atoms with Gasteiger partial charge in [0, 0.05) is 14.2 Å². The molecule has 15 heavy (non-hydrogen) atoms. The summed E-state index contributed by atoms with van der Waals surface area (Å²) in [6, 6.07) is 1.24. The second-order valence-corrected chi connectivity index (χ2v) is 11.0. The third-order valence-corrected chi connectivity index (χ3v) is 11.2. The van der Waals surface area contributed by atoms with Gasteiger partial charge in [-0.3, -0.25) is 0 Å². The van der Waals surface area contributed by atoms with E-state index in [9.17, 15) is 0 Å². The molecule has 0 rings (SSSR count). The van der Waals surface area contributed by atoms with Crippen LogP contribution in [0.4, 0.5) is 0 Å². The average Bonchev–Trinajstić information content (AvgIpc) is 2.22. The highest BCUT2D eigenvalue weighted by atomic mass is 29.2. The van der Waals surface area contributed by atoms with Crippen molar-refractivity contribution in [1.82, 2.24) is 9.88 Å². The molecule has 1 radical (unpaired) electrons. The molecule has 0 spiro atoms. The molecule has 0 amide bonds. The Bertz CT molecular complexity index is 146. The minimum atomic E-state index is -1.42. The minimum Gasteiger partial charge on any atom is -0.402 e. The molecule has 0 atom stereocenters. The van der Waals surface area contributed by atoms with Crippen LogP contribution < -0.4 is 5.32 Å². The largest absolute Gasteiger partial charge is 0.402 e. The fourth-order valence-corrected chi connectivity index (χ4v) is 8.09. The van der Waals surface area contributed by atoms with Crippen LogP contribution in [0.1, 0.15) is 13.3 Å². The number of hydrogen-bond donors (Lipinski definition) is 1. The van der Waals surface area contributed by atoms with E-state index in [1.165, 1.54) is 12.5 Å². The lowest BCUT2D eigenvalue weighted by atomic mass is 10.5. The fraction of sp³-hybridized carbons (Fsp3) is 1.00. The van der Waals surface area contributed by atoms with Gasteiger partial charge in [0.15, 0.2) is 8.48 Å². The monoisotopic (exact) mass is 249 g/mol. The van der Waals surface area contributed by atoms with Crippen molar-refractivity contribution in [1.29, 1.82) is 0 Å². The van der Waals surface area contributed by atoms with E-state index in [1.807, 2.05) is 0 Å². The molecule has 0 saturated heterocycles. The quantitative estimate of drug-likeness (QED) is 0.465. The lowest BCUT2D eigenvalue weighted by molar-refractivity contribution is 0.293. The predicted octanol–water partition coefficient (Wildman–Crippen LogP) is 0.131. The molecule has 0 unspecified atom stereocenters. The minimum absolute atomic E-state index is 0.595. The molecule has 6 heteroatoms. The lowest BCUT2D eigenvalue weighted by Crippen LogP contribution is -2.50. The molecule has 0 aliphatic heterocycles. The molecule has 0 heterocycles. The zero-order valence-corrected chi connectivity index (χ0v) is 12.8. The lowest BCUT2D eigenvalue weighted by Gasteiger charge is -2.26. The van der Waals surface area contributed by atoms with Crippen molar-refractivity contribution in [3.8, 4) is 0 Å². The van der Waals surface area contributed by atoms with E-state index < -0.39 is 17.3 Å². The molecular formula is C9H25N2O2Si2. The maximum absolute atomic E-state index is 5.48. The van der Waals surface area contributed by atoms with Crippen LogP contribution in [0.3, 0.4) is 0 Å². The Hall–Kier alpha value is 0.274. The Morgan fingerprint density at radius 3 is 2.27 bits per heavy atom. The van der Waals surface area contributed by atoms with Crippen molar-refractivity contribution >= 4 is 17.3 Å². The first-order valence-electron chi connectivity index (χ1n) is 5.46. The van der Waals surface area contributed by atoms with Gasteiger partial charge in [-0.15, -0.1) is 0 Å². The molecule has 1 N–H and O–H groups in total. The van der Waals surface area contributed by atoms with E-state index in [0.717, 1.165) is 13.1 Å². The normalized spacial score (nSPS) is 12.0. The summed E-state index contributed by atoms with van der Waals surface area (Å²) in [7, 11) is 5.82. The molecule has 0 aliphatic carbocycles. The van der Waals surface area contributed by atoms with E-state index >= 15 is 0 Å². The first kappa shape index (κ1) is 15.3. The third kappa shape index (κ3) is 6.44. The average molecular weight is 249 g/mol. The number of nitrogens with one attached hydrogen (secondary N) is 1. The van der Waals surface area contributed by atoms with Crippen LogP contribution >= 0.6 is 0 Å². The first-order chi connectivity index (χ1) is 7.17. The summed E-state index contributed by atoms with van der Waals surface area (Å²) in [5.41, 5.74) is 0. The zero-order chi connectivity index (χ0) is 11.7. The maximum atomic E-state index is 5.48. The zero-order valence-electron chi connectivity index (χ0n) is 10.7. The van der Waals surface area contributed by atoms with Crippen molar-refractivity contribution in [2.75, 3.05) is 41.4 Å². The van der Waals surface area contributed by atoms with E-state index in [2.05, 4.69) is 30.9 Å². The molecule has 0 aromatic heterocycles. The van der Waals surface area contributed by atoms with Crippen molar-refractivity contribution < 1.29 is 8.85 Å². The number of hydrogen-bond acceptors (Lipinski definition) is 4. The summed E-state index contributed by atoms with van der Waals surface area (Å²) < 4.78 is 13.3. The Morgan fingerprint density at radius 2 is 1.87 bits per heavy atom. The molecule has 4 nitrogen and oxygen atoms in total. The highest BCUT2D eigenvalue weighted by molar-refractivity contribution is 7.15. The SMILES string of the molecule is CCNCCC[Si](N(C)C)[SiH](OC)OC. The second kappa shape index (κ2) is 9.50. The number of nitrogens with zero attached hydrogens (tertiary/aromatic N) is 1. The molecule has 0 fully saturated rings. The van der Waals surface area contributed by atoms with Crippen molar-refractivity contribution in [3.63, 3.8) is 0 Å². The van der Waals surface area contributed by atoms with E-state index in [0.29, 0.717) is 0 Å². The summed E-state index contributed by atoms with van der Waals surface area (Å²) in [5, 5.41) is 3.35. The van der Waals surface area contributed by atoms with Crippen LogP contribution in [0.25, 0.3) is 0 Å². The molecule has 0 aliphatic rings. The molecular weight excluding hydrogens is 224 g/mol. The highest BCUT2D eigenvalue weighted by Gasteiger charge is 2.28. The van der Waals surface area contributed by atoms with Gasteiger partial charge >= 0.3 is 8.80 Å². The van der Waals surface area contributed by atoms with Crippen molar-refractivity contribution in [3.05, 3.63) is 0 Å². The molecule has 91 valence electrons. The van der Waals surface area contributed by atoms with Crippen LogP contribution in [0, 0.1) is 0 Å². The van der Waals surface area contributed by atoms with Crippen molar-refractivity contribution in [2.45, 2.75) is 19.4 Å². The summed E-state index contributed by atoms with van der Waals surface area (Å²) in [6.07, 6.45) is 1.22. The van der Waals surface area contributed by atoms with E-state index in [1.54, 1.807) is 14.2 Å². The van der Waals surface area contributed by atoms with Gasteiger partial charge in [0.05, 0.1) is 0 Å². The maximum Gasteiger partial charge on any atom is 0.316 e. The van der Waals surface area contributed by atoms with Gasteiger partial charge in [0.25, 0.3) is 0 Å². The van der Waals surface area contributed by atoms with E-state index in [-0.39, 0.29) is 0 Å². The van der Waals surface area contributed by atoms with Gasteiger partial charge in [-0.25, -0.2) is 0 Å². The van der Waals surface area contributed by atoms with E-state index in [4.69, 9.17) is 8.85 Å². The van der Waals surface area contributed by atoms with Crippen molar-refractivity contribution in [2.24, 2.45) is 0 Å². The van der Waals surface area contributed by atoms with Crippen LogP contribution in [0.5, 0.6) is 0 Å². The van der Waals surface area contributed by atoms with Gasteiger partial charge in [0.1, 0.15) is 0 Å². The van der Waals surface area contributed by atoms with Gasteiger partial charge in [-0.1, -0.05) is 6.92 Å². The summed E-state index contributed by atoms with van der Waals surface area (Å²) in [5.74, 6) is 0. The van der Waals surface area contributed by atoms with Crippen LogP contribution in [-0.2, 0) is 8.85 Å². The van der Waals surface area contributed by atoms with Gasteiger partial charge in [-0.2, -0.15) is 0 Å². The summed E-state index contributed by atoms with van der Waals surface area (Å²) >= 11 is 0.